The van der Waals surface area contributed by atoms with E-state index in [2.05, 4.69) is 10.6 Å². The molecule has 1 unspecified atom stereocenters. The summed E-state index contributed by atoms with van der Waals surface area (Å²) < 4.78 is 5.57. The number of benzene rings is 1. The quantitative estimate of drug-likeness (QED) is 0.887. The van der Waals surface area contributed by atoms with Crippen LogP contribution in [0.4, 0.5) is 0 Å². The molecule has 100 valence electrons. The van der Waals surface area contributed by atoms with Crippen LogP contribution in [0, 0.1) is 6.92 Å². The van der Waals surface area contributed by atoms with Crippen molar-refractivity contribution in [3.63, 3.8) is 0 Å². The van der Waals surface area contributed by atoms with Crippen LogP contribution < -0.4 is 10.6 Å². The molecule has 2 aromatic rings. The predicted octanol–water partition coefficient (Wildman–Crippen LogP) is 2.22. The van der Waals surface area contributed by atoms with Gasteiger partial charge in [-0.2, -0.15) is 0 Å². The minimum Gasteiger partial charge on any atom is -0.451 e. The van der Waals surface area contributed by atoms with Gasteiger partial charge in [0.25, 0.3) is 5.91 Å². The Bertz CT molecular complexity index is 597. The maximum Gasteiger partial charge on any atom is 0.287 e. The fraction of sp³-hybridized carbons (Fsp3) is 0.400. The van der Waals surface area contributed by atoms with Crippen molar-refractivity contribution < 1.29 is 9.21 Å². The summed E-state index contributed by atoms with van der Waals surface area (Å²) in [6.45, 7) is 3.73. The molecule has 0 spiro atoms. The second kappa shape index (κ2) is 5.05. The summed E-state index contributed by atoms with van der Waals surface area (Å²) in [6, 6.07) is 8.11. The molecule has 4 heteroatoms. The highest BCUT2D eigenvalue weighted by atomic mass is 16.3. The summed E-state index contributed by atoms with van der Waals surface area (Å²) in [4.78, 5) is 12.0. The summed E-state index contributed by atoms with van der Waals surface area (Å²) in [7, 11) is 0. The third-order valence-corrected chi connectivity index (χ3v) is 3.57. The molecule has 0 bridgehead atoms. The molecule has 4 nitrogen and oxygen atoms in total. The number of carbonyl (C=O) groups excluding carboxylic acids is 1. The van der Waals surface area contributed by atoms with Crippen LogP contribution in [0.3, 0.4) is 0 Å². The molecule has 0 saturated carbocycles. The number of hydrogen-bond donors (Lipinski definition) is 2. The van der Waals surface area contributed by atoms with E-state index in [9.17, 15) is 4.79 Å². The molecule has 1 aliphatic heterocycles. The van der Waals surface area contributed by atoms with Crippen molar-refractivity contribution in [1.29, 1.82) is 0 Å². The van der Waals surface area contributed by atoms with Gasteiger partial charge in [0.2, 0.25) is 0 Å². The van der Waals surface area contributed by atoms with Crippen LogP contribution in [0.5, 0.6) is 0 Å². The first-order valence-electron chi connectivity index (χ1n) is 6.74. The number of aryl methyl sites for hydroxylation is 1. The first-order valence-corrected chi connectivity index (χ1v) is 6.74. The molecule has 1 aromatic carbocycles. The molecule has 1 aromatic heterocycles. The normalized spacial score (nSPS) is 18.9. The van der Waals surface area contributed by atoms with Gasteiger partial charge in [0.1, 0.15) is 5.58 Å². The second-order valence-electron chi connectivity index (χ2n) is 5.16. The van der Waals surface area contributed by atoms with E-state index >= 15 is 0 Å². The molecule has 1 fully saturated rings. The first-order chi connectivity index (χ1) is 9.22. The lowest BCUT2D eigenvalue weighted by Crippen LogP contribution is -2.36. The van der Waals surface area contributed by atoms with Gasteiger partial charge in [-0.3, -0.25) is 4.79 Å². The van der Waals surface area contributed by atoms with Gasteiger partial charge in [-0.1, -0.05) is 11.6 Å². The SMILES string of the molecule is Cc1ccc2oc(C(=O)NCC3CCCN3)cc2c1. The zero-order valence-electron chi connectivity index (χ0n) is 11.0. The molecule has 19 heavy (non-hydrogen) atoms. The van der Waals surface area contributed by atoms with Crippen molar-refractivity contribution in [2.75, 3.05) is 13.1 Å². The molecule has 1 saturated heterocycles. The van der Waals surface area contributed by atoms with Crippen molar-refractivity contribution in [3.8, 4) is 0 Å². The van der Waals surface area contributed by atoms with Crippen LogP contribution in [0.25, 0.3) is 11.0 Å². The zero-order chi connectivity index (χ0) is 13.2. The van der Waals surface area contributed by atoms with Gasteiger partial charge in [0, 0.05) is 18.0 Å². The Kier molecular flexibility index (Phi) is 3.25. The molecular weight excluding hydrogens is 240 g/mol. The largest absolute Gasteiger partial charge is 0.451 e. The standard InChI is InChI=1S/C15H18N2O2/c1-10-4-5-13-11(7-10)8-14(19-13)15(18)17-9-12-3-2-6-16-12/h4-5,7-8,12,16H,2-3,6,9H2,1H3,(H,17,18). The Morgan fingerprint density at radius 3 is 3.16 bits per heavy atom. The van der Waals surface area contributed by atoms with Crippen LogP contribution >= 0.6 is 0 Å². The molecule has 2 heterocycles. The maximum absolute atomic E-state index is 12.0. The van der Waals surface area contributed by atoms with E-state index in [1.165, 1.54) is 6.42 Å². The molecule has 0 radical (unpaired) electrons. The summed E-state index contributed by atoms with van der Waals surface area (Å²) in [5.74, 6) is 0.251. The number of rotatable bonds is 3. The lowest BCUT2D eigenvalue weighted by atomic mass is 10.2. The van der Waals surface area contributed by atoms with E-state index in [1.54, 1.807) is 6.07 Å². The van der Waals surface area contributed by atoms with Crippen LogP contribution in [0.15, 0.2) is 28.7 Å². The minimum absolute atomic E-state index is 0.137. The number of carbonyl (C=O) groups is 1. The summed E-state index contributed by atoms with van der Waals surface area (Å²) in [5.41, 5.74) is 1.92. The molecule has 1 amide bonds. The summed E-state index contributed by atoms with van der Waals surface area (Å²) in [5, 5.41) is 7.25. The van der Waals surface area contributed by atoms with Gasteiger partial charge in [-0.05, 0) is 44.5 Å². The highest BCUT2D eigenvalue weighted by Gasteiger charge is 2.17. The third-order valence-electron chi connectivity index (χ3n) is 3.57. The molecular formula is C15H18N2O2. The van der Waals surface area contributed by atoms with E-state index in [-0.39, 0.29) is 5.91 Å². The summed E-state index contributed by atoms with van der Waals surface area (Å²) in [6.07, 6.45) is 2.31. The van der Waals surface area contributed by atoms with Crippen molar-refractivity contribution in [1.82, 2.24) is 10.6 Å². The Labute approximate surface area is 112 Å². The highest BCUT2D eigenvalue weighted by Crippen LogP contribution is 2.20. The van der Waals surface area contributed by atoms with E-state index in [0.29, 0.717) is 18.3 Å². The van der Waals surface area contributed by atoms with Crippen LogP contribution in [-0.4, -0.2) is 25.0 Å². The average molecular weight is 258 g/mol. The Balaban J connectivity index is 1.70. The number of amides is 1. The molecule has 1 aliphatic rings. The number of fused-ring (bicyclic) bond motifs is 1. The van der Waals surface area contributed by atoms with Gasteiger partial charge in [-0.15, -0.1) is 0 Å². The number of hydrogen-bond acceptors (Lipinski definition) is 3. The van der Waals surface area contributed by atoms with Crippen LogP contribution in [0.1, 0.15) is 29.0 Å². The fourth-order valence-electron chi connectivity index (χ4n) is 2.51. The zero-order valence-corrected chi connectivity index (χ0v) is 11.0. The highest BCUT2D eigenvalue weighted by molar-refractivity contribution is 5.96. The second-order valence-corrected chi connectivity index (χ2v) is 5.16. The summed E-state index contributed by atoms with van der Waals surface area (Å²) >= 11 is 0. The van der Waals surface area contributed by atoms with Crippen LogP contribution in [-0.2, 0) is 0 Å². The Morgan fingerprint density at radius 1 is 1.47 bits per heavy atom. The molecule has 0 aliphatic carbocycles. The van der Waals surface area contributed by atoms with Gasteiger partial charge in [0.05, 0.1) is 0 Å². The molecule has 2 N–H and O–H groups in total. The van der Waals surface area contributed by atoms with E-state index in [4.69, 9.17) is 4.42 Å². The number of furan rings is 1. The van der Waals surface area contributed by atoms with E-state index in [0.717, 1.165) is 29.5 Å². The average Bonchev–Trinajstić information content (AvgIpc) is 3.04. The monoisotopic (exact) mass is 258 g/mol. The third kappa shape index (κ3) is 2.63. The smallest absolute Gasteiger partial charge is 0.287 e. The van der Waals surface area contributed by atoms with Gasteiger partial charge in [0.15, 0.2) is 5.76 Å². The van der Waals surface area contributed by atoms with Gasteiger partial charge >= 0.3 is 0 Å². The molecule has 1 atom stereocenters. The number of nitrogens with one attached hydrogen (secondary N) is 2. The topological polar surface area (TPSA) is 54.3 Å². The van der Waals surface area contributed by atoms with E-state index < -0.39 is 0 Å². The minimum atomic E-state index is -0.137. The molecule has 3 rings (SSSR count). The lowest BCUT2D eigenvalue weighted by molar-refractivity contribution is 0.0925. The predicted molar refractivity (Wildman–Crippen MR) is 74.3 cm³/mol. The fourth-order valence-corrected chi connectivity index (χ4v) is 2.51. The van der Waals surface area contributed by atoms with Gasteiger partial charge < -0.3 is 15.1 Å². The van der Waals surface area contributed by atoms with Crippen molar-refractivity contribution in [3.05, 3.63) is 35.6 Å². The van der Waals surface area contributed by atoms with Crippen LogP contribution in [0.2, 0.25) is 0 Å². The first kappa shape index (κ1) is 12.2. The Hall–Kier alpha value is -1.81. The Morgan fingerprint density at radius 2 is 2.37 bits per heavy atom. The maximum atomic E-state index is 12.0. The van der Waals surface area contributed by atoms with Crippen molar-refractivity contribution in [2.45, 2.75) is 25.8 Å². The lowest BCUT2D eigenvalue weighted by Gasteiger charge is -2.10. The van der Waals surface area contributed by atoms with Gasteiger partial charge in [-0.25, -0.2) is 0 Å². The van der Waals surface area contributed by atoms with Crippen molar-refractivity contribution in [2.24, 2.45) is 0 Å². The van der Waals surface area contributed by atoms with Crippen molar-refractivity contribution >= 4 is 16.9 Å². The van der Waals surface area contributed by atoms with E-state index in [1.807, 2.05) is 25.1 Å².